The maximum Gasteiger partial charge on any atom is 0.265 e. The SMILES string of the molecule is CC(C)c1ccc(NC(=O)CO/N=C/c2ccc(N(C)C)cc2)cc1. The van der Waals surface area contributed by atoms with Gasteiger partial charge < -0.3 is 15.1 Å². The van der Waals surface area contributed by atoms with E-state index in [-0.39, 0.29) is 12.5 Å². The fourth-order valence-corrected chi connectivity index (χ4v) is 2.20. The van der Waals surface area contributed by atoms with Crippen molar-refractivity contribution in [1.82, 2.24) is 0 Å². The summed E-state index contributed by atoms with van der Waals surface area (Å²) < 4.78 is 0. The van der Waals surface area contributed by atoms with Crippen LogP contribution >= 0.6 is 0 Å². The van der Waals surface area contributed by atoms with E-state index >= 15 is 0 Å². The van der Waals surface area contributed by atoms with Crippen LogP contribution in [0.5, 0.6) is 0 Å². The van der Waals surface area contributed by atoms with Crippen LogP contribution < -0.4 is 10.2 Å². The number of nitrogens with one attached hydrogen (secondary N) is 1. The van der Waals surface area contributed by atoms with Crippen molar-refractivity contribution in [2.24, 2.45) is 5.16 Å². The van der Waals surface area contributed by atoms with Gasteiger partial charge in [0, 0.05) is 25.5 Å². The zero-order chi connectivity index (χ0) is 18.2. The predicted molar refractivity (Wildman–Crippen MR) is 103 cm³/mol. The van der Waals surface area contributed by atoms with Crippen LogP contribution in [0.4, 0.5) is 11.4 Å². The molecule has 0 heterocycles. The first-order valence-electron chi connectivity index (χ1n) is 8.28. The number of oxime groups is 1. The summed E-state index contributed by atoms with van der Waals surface area (Å²) in [5.74, 6) is 0.228. The van der Waals surface area contributed by atoms with E-state index in [4.69, 9.17) is 4.84 Å². The van der Waals surface area contributed by atoms with Gasteiger partial charge in [0.15, 0.2) is 6.61 Å². The Bertz CT molecular complexity index is 705. The fourth-order valence-electron chi connectivity index (χ4n) is 2.20. The summed E-state index contributed by atoms with van der Waals surface area (Å²) in [6.45, 7) is 4.14. The fraction of sp³-hybridized carbons (Fsp3) is 0.300. The van der Waals surface area contributed by atoms with Gasteiger partial charge in [-0.1, -0.05) is 43.3 Å². The summed E-state index contributed by atoms with van der Waals surface area (Å²) in [6, 6.07) is 15.7. The average molecular weight is 339 g/mol. The summed E-state index contributed by atoms with van der Waals surface area (Å²) in [7, 11) is 3.97. The molecule has 0 saturated carbocycles. The van der Waals surface area contributed by atoms with Gasteiger partial charge in [0.05, 0.1) is 6.21 Å². The predicted octanol–water partition coefficient (Wildman–Crippen LogP) is 3.87. The monoisotopic (exact) mass is 339 g/mol. The van der Waals surface area contributed by atoms with Crippen LogP contribution in [-0.2, 0) is 9.63 Å². The van der Waals surface area contributed by atoms with Crippen molar-refractivity contribution in [1.29, 1.82) is 0 Å². The lowest BCUT2D eigenvalue weighted by Crippen LogP contribution is -2.16. The zero-order valence-electron chi connectivity index (χ0n) is 15.2. The second-order valence-corrected chi connectivity index (χ2v) is 6.32. The molecule has 0 unspecified atom stereocenters. The van der Waals surface area contributed by atoms with Gasteiger partial charge in [-0.15, -0.1) is 0 Å². The molecule has 5 heteroatoms. The molecule has 0 bridgehead atoms. The van der Waals surface area contributed by atoms with Crippen molar-refractivity contribution in [3.8, 4) is 0 Å². The molecule has 0 aliphatic heterocycles. The van der Waals surface area contributed by atoms with Crippen molar-refractivity contribution in [3.63, 3.8) is 0 Å². The van der Waals surface area contributed by atoms with E-state index in [9.17, 15) is 4.79 Å². The summed E-state index contributed by atoms with van der Waals surface area (Å²) >= 11 is 0. The Balaban J connectivity index is 1.77. The lowest BCUT2D eigenvalue weighted by molar-refractivity contribution is -0.120. The van der Waals surface area contributed by atoms with Gasteiger partial charge in [-0.3, -0.25) is 4.79 Å². The van der Waals surface area contributed by atoms with Gasteiger partial charge in [0.1, 0.15) is 0 Å². The van der Waals surface area contributed by atoms with Crippen LogP contribution in [0.3, 0.4) is 0 Å². The van der Waals surface area contributed by atoms with Gasteiger partial charge in [-0.25, -0.2) is 0 Å². The number of anilines is 2. The molecule has 132 valence electrons. The first-order valence-corrected chi connectivity index (χ1v) is 8.28. The highest BCUT2D eigenvalue weighted by molar-refractivity contribution is 5.91. The van der Waals surface area contributed by atoms with E-state index in [2.05, 4.69) is 24.3 Å². The maximum atomic E-state index is 11.8. The lowest BCUT2D eigenvalue weighted by Gasteiger charge is -2.11. The minimum Gasteiger partial charge on any atom is -0.386 e. The largest absolute Gasteiger partial charge is 0.386 e. The number of benzene rings is 2. The molecule has 0 aromatic heterocycles. The molecule has 0 atom stereocenters. The molecular formula is C20H25N3O2. The zero-order valence-corrected chi connectivity index (χ0v) is 15.2. The van der Waals surface area contributed by atoms with Gasteiger partial charge in [0.2, 0.25) is 0 Å². The van der Waals surface area contributed by atoms with Crippen molar-refractivity contribution in [2.75, 3.05) is 30.9 Å². The Morgan fingerprint density at radius 2 is 1.76 bits per heavy atom. The maximum absolute atomic E-state index is 11.8. The average Bonchev–Trinajstić information content (AvgIpc) is 2.59. The Morgan fingerprint density at radius 3 is 2.32 bits per heavy atom. The molecule has 0 aliphatic rings. The minimum atomic E-state index is -0.239. The highest BCUT2D eigenvalue weighted by Gasteiger charge is 2.04. The molecule has 5 nitrogen and oxygen atoms in total. The first-order chi connectivity index (χ1) is 12.0. The standard InChI is InChI=1S/C20H25N3O2/c1-15(2)17-7-9-18(10-8-17)22-20(24)14-25-21-13-16-5-11-19(12-6-16)23(3)4/h5-13,15H,14H2,1-4H3,(H,22,24)/b21-13+. The molecule has 2 aromatic rings. The van der Waals surface area contributed by atoms with Gasteiger partial charge in [0.25, 0.3) is 5.91 Å². The lowest BCUT2D eigenvalue weighted by atomic mass is 10.0. The summed E-state index contributed by atoms with van der Waals surface area (Å²) in [5.41, 5.74) is 4.01. The molecule has 1 N–H and O–H groups in total. The number of hydrogen-bond acceptors (Lipinski definition) is 4. The third kappa shape index (κ3) is 5.95. The van der Waals surface area contributed by atoms with E-state index in [0.29, 0.717) is 5.92 Å². The number of carbonyl (C=O) groups is 1. The number of rotatable bonds is 7. The van der Waals surface area contributed by atoms with Gasteiger partial charge >= 0.3 is 0 Å². The number of carbonyl (C=O) groups excluding carboxylic acids is 1. The van der Waals surface area contributed by atoms with E-state index in [1.807, 2.05) is 67.5 Å². The number of amides is 1. The summed E-state index contributed by atoms with van der Waals surface area (Å²) in [6.07, 6.45) is 1.59. The Morgan fingerprint density at radius 1 is 1.12 bits per heavy atom. The number of nitrogens with zero attached hydrogens (tertiary/aromatic N) is 2. The third-order valence-electron chi connectivity index (χ3n) is 3.74. The molecule has 0 aliphatic carbocycles. The smallest absolute Gasteiger partial charge is 0.265 e. The highest BCUT2D eigenvalue weighted by atomic mass is 16.6. The van der Waals surface area contributed by atoms with Crippen molar-refractivity contribution in [3.05, 3.63) is 59.7 Å². The third-order valence-corrected chi connectivity index (χ3v) is 3.74. The molecule has 0 saturated heterocycles. The van der Waals surface area contributed by atoms with Crippen LogP contribution in [0, 0.1) is 0 Å². The minimum absolute atomic E-state index is 0.127. The van der Waals surface area contributed by atoms with Crippen molar-refractivity contribution < 1.29 is 9.63 Å². The van der Waals surface area contributed by atoms with Crippen LogP contribution in [-0.4, -0.2) is 32.8 Å². The summed E-state index contributed by atoms with van der Waals surface area (Å²) in [4.78, 5) is 18.9. The highest BCUT2D eigenvalue weighted by Crippen LogP contribution is 2.17. The summed E-state index contributed by atoms with van der Waals surface area (Å²) in [5, 5.41) is 6.62. The van der Waals surface area contributed by atoms with Crippen LogP contribution in [0.1, 0.15) is 30.9 Å². The molecule has 2 aromatic carbocycles. The number of hydrogen-bond donors (Lipinski definition) is 1. The Hall–Kier alpha value is -2.82. The van der Waals surface area contributed by atoms with Crippen molar-refractivity contribution in [2.45, 2.75) is 19.8 Å². The van der Waals surface area contributed by atoms with Gasteiger partial charge in [-0.2, -0.15) is 0 Å². The molecule has 1 amide bonds. The van der Waals surface area contributed by atoms with E-state index in [0.717, 1.165) is 16.9 Å². The second kappa shape index (κ2) is 8.87. The topological polar surface area (TPSA) is 53.9 Å². The molecule has 0 radical (unpaired) electrons. The van der Waals surface area contributed by atoms with Crippen molar-refractivity contribution >= 4 is 23.5 Å². The molecule has 0 fully saturated rings. The Labute approximate surface area is 149 Å². The second-order valence-electron chi connectivity index (χ2n) is 6.32. The molecule has 25 heavy (non-hydrogen) atoms. The van der Waals surface area contributed by atoms with Crippen LogP contribution in [0.25, 0.3) is 0 Å². The van der Waals surface area contributed by atoms with E-state index < -0.39 is 0 Å². The first kappa shape index (κ1) is 18.5. The molecular weight excluding hydrogens is 314 g/mol. The normalized spacial score (nSPS) is 10.9. The van der Waals surface area contributed by atoms with Crippen LogP contribution in [0.2, 0.25) is 0 Å². The van der Waals surface area contributed by atoms with E-state index in [1.54, 1.807) is 6.21 Å². The molecule has 0 spiro atoms. The molecule has 2 rings (SSSR count). The van der Waals surface area contributed by atoms with E-state index in [1.165, 1.54) is 5.56 Å². The quantitative estimate of drug-likeness (QED) is 0.615. The Kier molecular flexibility index (Phi) is 6.57. The van der Waals surface area contributed by atoms with Crippen LogP contribution in [0.15, 0.2) is 53.7 Å². The van der Waals surface area contributed by atoms with Gasteiger partial charge in [-0.05, 0) is 41.3 Å².